The Labute approximate surface area is 162 Å². The molecule has 0 radical (unpaired) electrons. The van der Waals surface area contributed by atoms with Gasteiger partial charge in [0.15, 0.2) is 0 Å². The molecule has 1 aliphatic carbocycles. The molecular formula is C19H24N6O3. The summed E-state index contributed by atoms with van der Waals surface area (Å²) in [5.74, 6) is -1.18. The minimum atomic E-state index is -0.725. The van der Waals surface area contributed by atoms with E-state index in [4.69, 9.17) is 0 Å². The van der Waals surface area contributed by atoms with E-state index in [0.29, 0.717) is 24.3 Å². The number of anilines is 1. The molecule has 9 nitrogen and oxygen atoms in total. The van der Waals surface area contributed by atoms with Crippen molar-refractivity contribution in [2.75, 3.05) is 18.4 Å². The Morgan fingerprint density at radius 2 is 1.79 bits per heavy atom. The van der Waals surface area contributed by atoms with Gasteiger partial charge in [0.2, 0.25) is 5.91 Å². The van der Waals surface area contributed by atoms with Crippen LogP contribution in [-0.2, 0) is 14.4 Å². The maximum absolute atomic E-state index is 12.8. The number of piperazine rings is 1. The van der Waals surface area contributed by atoms with Crippen molar-refractivity contribution < 1.29 is 14.4 Å². The molecule has 9 heteroatoms. The molecule has 0 spiro atoms. The van der Waals surface area contributed by atoms with E-state index in [1.165, 1.54) is 6.20 Å². The lowest BCUT2D eigenvalue weighted by Gasteiger charge is -2.44. The number of aromatic nitrogens is 3. The second-order valence-electron chi connectivity index (χ2n) is 8.15. The van der Waals surface area contributed by atoms with Crippen LogP contribution in [0, 0.1) is 5.41 Å². The predicted molar refractivity (Wildman–Crippen MR) is 102 cm³/mol. The Morgan fingerprint density at radius 3 is 2.50 bits per heavy atom. The fourth-order valence-electron chi connectivity index (χ4n) is 3.71. The van der Waals surface area contributed by atoms with E-state index in [1.54, 1.807) is 17.3 Å². The molecule has 2 aromatic rings. The van der Waals surface area contributed by atoms with E-state index in [9.17, 15) is 14.4 Å². The van der Waals surface area contributed by atoms with E-state index >= 15 is 0 Å². The Balaban J connectivity index is 1.45. The first-order valence-corrected chi connectivity index (χ1v) is 9.50. The quantitative estimate of drug-likeness (QED) is 0.755. The molecule has 1 saturated heterocycles. The van der Waals surface area contributed by atoms with Gasteiger partial charge in [-0.1, -0.05) is 6.92 Å². The lowest BCUT2D eigenvalue weighted by Crippen LogP contribution is -2.61. The van der Waals surface area contributed by atoms with Crippen LogP contribution in [0.3, 0.4) is 0 Å². The molecule has 28 heavy (non-hydrogen) atoms. The molecule has 2 fully saturated rings. The van der Waals surface area contributed by atoms with E-state index in [2.05, 4.69) is 20.5 Å². The summed E-state index contributed by atoms with van der Waals surface area (Å²) in [5, 5.41) is 10.1. The SMILES string of the molecule is C[C@@H]1CN(C(=O)C(=O)Nc2cncc3cn[nH]c23)[C@@H](C)CN1C(=O)C1(C)CC1. The molecule has 1 saturated carbocycles. The molecule has 2 N–H and O–H groups in total. The summed E-state index contributed by atoms with van der Waals surface area (Å²) in [5.41, 5.74) is 0.781. The Morgan fingerprint density at radius 1 is 1.11 bits per heavy atom. The van der Waals surface area contributed by atoms with Crippen LogP contribution in [0.5, 0.6) is 0 Å². The van der Waals surface area contributed by atoms with Crippen molar-refractivity contribution in [3.63, 3.8) is 0 Å². The number of nitrogens with one attached hydrogen (secondary N) is 2. The average Bonchev–Trinajstić information content (AvgIpc) is 3.23. The summed E-state index contributed by atoms with van der Waals surface area (Å²) in [6, 6.07) is -0.364. The molecular weight excluding hydrogens is 360 g/mol. The van der Waals surface area contributed by atoms with Crippen LogP contribution >= 0.6 is 0 Å². The summed E-state index contributed by atoms with van der Waals surface area (Å²) in [4.78, 5) is 45.5. The van der Waals surface area contributed by atoms with Gasteiger partial charge in [-0.2, -0.15) is 5.10 Å². The van der Waals surface area contributed by atoms with Gasteiger partial charge in [-0.05, 0) is 26.7 Å². The summed E-state index contributed by atoms with van der Waals surface area (Å²) in [6.45, 7) is 6.54. The molecule has 0 unspecified atom stereocenters. The lowest BCUT2D eigenvalue weighted by atomic mass is 10.0. The number of aromatic amines is 1. The number of hydrogen-bond donors (Lipinski definition) is 2. The fraction of sp³-hybridized carbons (Fsp3) is 0.526. The fourth-order valence-corrected chi connectivity index (χ4v) is 3.71. The molecule has 3 heterocycles. The van der Waals surface area contributed by atoms with Crippen LogP contribution < -0.4 is 5.32 Å². The number of carbonyl (C=O) groups is 3. The number of H-pyrrole nitrogens is 1. The Bertz CT molecular complexity index is 950. The third-order valence-corrected chi connectivity index (χ3v) is 5.82. The maximum atomic E-state index is 12.8. The Hall–Kier alpha value is -2.97. The van der Waals surface area contributed by atoms with Crippen LogP contribution in [-0.4, -0.2) is 67.9 Å². The highest BCUT2D eigenvalue weighted by molar-refractivity contribution is 6.40. The number of nitrogens with zero attached hydrogens (tertiary/aromatic N) is 4. The minimum absolute atomic E-state index is 0.129. The maximum Gasteiger partial charge on any atom is 0.314 e. The number of rotatable bonds is 2. The van der Waals surface area contributed by atoms with Gasteiger partial charge in [0.05, 0.1) is 23.6 Å². The number of pyridine rings is 1. The van der Waals surface area contributed by atoms with E-state index in [1.807, 2.05) is 25.7 Å². The van der Waals surface area contributed by atoms with Gasteiger partial charge >= 0.3 is 11.8 Å². The summed E-state index contributed by atoms with van der Waals surface area (Å²) in [6.07, 6.45) is 6.53. The van der Waals surface area contributed by atoms with Crippen molar-refractivity contribution in [3.8, 4) is 0 Å². The minimum Gasteiger partial charge on any atom is -0.336 e. The third-order valence-electron chi connectivity index (χ3n) is 5.82. The van der Waals surface area contributed by atoms with Gasteiger partial charge in [-0.15, -0.1) is 0 Å². The highest BCUT2D eigenvalue weighted by Gasteiger charge is 2.49. The average molecular weight is 384 g/mol. The second-order valence-corrected chi connectivity index (χ2v) is 8.15. The predicted octanol–water partition coefficient (Wildman–Crippen LogP) is 1.14. The topological polar surface area (TPSA) is 111 Å². The van der Waals surface area contributed by atoms with Crippen molar-refractivity contribution in [2.45, 2.75) is 45.7 Å². The summed E-state index contributed by atoms with van der Waals surface area (Å²) < 4.78 is 0. The lowest BCUT2D eigenvalue weighted by molar-refractivity contribution is -0.152. The van der Waals surface area contributed by atoms with Crippen molar-refractivity contribution >= 4 is 34.3 Å². The van der Waals surface area contributed by atoms with Gasteiger partial charge < -0.3 is 15.1 Å². The van der Waals surface area contributed by atoms with Crippen molar-refractivity contribution in [3.05, 3.63) is 18.6 Å². The van der Waals surface area contributed by atoms with Crippen LogP contribution in [0.1, 0.15) is 33.6 Å². The molecule has 148 valence electrons. The first kappa shape index (κ1) is 18.4. The molecule has 2 atom stereocenters. The second kappa shape index (κ2) is 6.57. The number of hydrogen-bond acceptors (Lipinski definition) is 5. The normalized spacial score (nSPS) is 23.5. The largest absolute Gasteiger partial charge is 0.336 e. The molecule has 0 aromatic carbocycles. The first-order valence-electron chi connectivity index (χ1n) is 9.50. The molecule has 4 rings (SSSR count). The zero-order valence-electron chi connectivity index (χ0n) is 16.2. The summed E-state index contributed by atoms with van der Waals surface area (Å²) >= 11 is 0. The van der Waals surface area contributed by atoms with Gasteiger partial charge in [0.25, 0.3) is 0 Å². The highest BCUT2D eigenvalue weighted by atomic mass is 16.2. The summed E-state index contributed by atoms with van der Waals surface area (Å²) in [7, 11) is 0. The first-order chi connectivity index (χ1) is 13.3. The number of fused-ring (bicyclic) bond motifs is 1. The molecule has 3 amide bonds. The molecule has 2 aromatic heterocycles. The zero-order chi connectivity index (χ0) is 20.1. The van der Waals surface area contributed by atoms with E-state index < -0.39 is 11.8 Å². The van der Waals surface area contributed by atoms with Gasteiger partial charge in [0.1, 0.15) is 0 Å². The highest BCUT2D eigenvalue weighted by Crippen LogP contribution is 2.47. The standard InChI is InChI=1S/C19H24N6O3/c1-11-10-25(18(28)19(3)4-5-19)12(2)9-24(11)17(27)16(26)22-14-8-20-6-13-7-21-23-15(13)14/h6-8,11-12H,4-5,9-10H2,1-3H3,(H,21,23)(H,22,26)/t11-,12+/m0/s1. The monoisotopic (exact) mass is 384 g/mol. The number of carbonyl (C=O) groups excluding carboxylic acids is 3. The third kappa shape index (κ3) is 3.10. The molecule has 1 aliphatic heterocycles. The van der Waals surface area contributed by atoms with Gasteiger partial charge in [0, 0.05) is 42.2 Å². The number of amides is 3. The zero-order valence-corrected chi connectivity index (χ0v) is 16.2. The van der Waals surface area contributed by atoms with Gasteiger partial charge in [-0.3, -0.25) is 24.5 Å². The van der Waals surface area contributed by atoms with Crippen LogP contribution in [0.15, 0.2) is 18.6 Å². The van der Waals surface area contributed by atoms with Crippen molar-refractivity contribution in [1.82, 2.24) is 25.0 Å². The smallest absolute Gasteiger partial charge is 0.314 e. The van der Waals surface area contributed by atoms with Crippen molar-refractivity contribution in [2.24, 2.45) is 5.41 Å². The van der Waals surface area contributed by atoms with Crippen molar-refractivity contribution in [1.29, 1.82) is 0 Å². The van der Waals surface area contributed by atoms with Gasteiger partial charge in [-0.25, -0.2) is 0 Å². The molecule has 2 aliphatic rings. The van der Waals surface area contributed by atoms with E-state index in [0.717, 1.165) is 18.2 Å². The van der Waals surface area contributed by atoms with E-state index in [-0.39, 0.29) is 23.4 Å². The molecule has 0 bridgehead atoms. The van der Waals surface area contributed by atoms with Crippen LogP contribution in [0.2, 0.25) is 0 Å². The van der Waals surface area contributed by atoms with Crippen LogP contribution in [0.4, 0.5) is 5.69 Å². The van der Waals surface area contributed by atoms with Crippen LogP contribution in [0.25, 0.3) is 10.9 Å². The Kier molecular flexibility index (Phi) is 4.32.